The molecule has 0 aliphatic heterocycles. The zero-order chi connectivity index (χ0) is 22.1. The van der Waals surface area contributed by atoms with Crippen molar-refractivity contribution in [1.29, 1.82) is 0 Å². The average Bonchev–Trinajstić information content (AvgIpc) is 2.78. The first-order chi connectivity index (χ1) is 15.1. The van der Waals surface area contributed by atoms with E-state index in [2.05, 4.69) is 17.4 Å². The van der Waals surface area contributed by atoms with Crippen LogP contribution >= 0.6 is 35.6 Å². The molecule has 4 nitrogen and oxygen atoms in total. The highest BCUT2D eigenvalue weighted by Crippen LogP contribution is 2.33. The van der Waals surface area contributed by atoms with E-state index in [-0.39, 0.29) is 12.4 Å². The highest BCUT2D eigenvalue weighted by atomic mass is 35.5. The van der Waals surface area contributed by atoms with Crippen molar-refractivity contribution < 1.29 is 14.2 Å². The maximum absolute atomic E-state index is 6.30. The van der Waals surface area contributed by atoms with E-state index in [9.17, 15) is 0 Å². The molecule has 7 heteroatoms. The Morgan fingerprint density at radius 2 is 1.69 bits per heavy atom. The summed E-state index contributed by atoms with van der Waals surface area (Å²) in [6, 6.07) is 19.5. The van der Waals surface area contributed by atoms with Gasteiger partial charge in [0.05, 0.1) is 13.7 Å². The predicted molar refractivity (Wildman–Crippen MR) is 134 cm³/mol. The molecule has 0 bridgehead atoms. The third-order valence-electron chi connectivity index (χ3n) is 4.81. The van der Waals surface area contributed by atoms with Crippen molar-refractivity contribution in [2.24, 2.45) is 0 Å². The summed E-state index contributed by atoms with van der Waals surface area (Å²) in [5, 5.41) is 4.68. The summed E-state index contributed by atoms with van der Waals surface area (Å²) in [5.41, 5.74) is 3.16. The molecule has 3 aromatic carbocycles. The summed E-state index contributed by atoms with van der Waals surface area (Å²) < 4.78 is 17.2. The number of hydrogen-bond donors (Lipinski definition) is 1. The second-order valence-corrected chi connectivity index (χ2v) is 7.82. The van der Waals surface area contributed by atoms with E-state index in [0.717, 1.165) is 41.3 Å². The van der Waals surface area contributed by atoms with Crippen LogP contribution in [0.1, 0.15) is 23.6 Å². The third-order valence-corrected chi connectivity index (χ3v) is 5.40. The van der Waals surface area contributed by atoms with Crippen molar-refractivity contribution in [3.63, 3.8) is 0 Å². The Kier molecular flexibility index (Phi) is 11.0. The van der Waals surface area contributed by atoms with E-state index in [1.165, 1.54) is 5.56 Å². The highest BCUT2D eigenvalue weighted by Gasteiger charge is 2.12. The standard InChI is InChI=1S/C25H27Cl2NO3.ClH/c1-3-30-24-6-4-5-19(16-28-14-13-18-7-11-22(29-2)12-8-18)25(24)31-17-20-9-10-21(26)15-23(20)27;/h4-12,15,28H,3,13-14,16-17H2,1-2H3;1H. The molecule has 0 heterocycles. The molecule has 0 unspecified atom stereocenters. The number of halogens is 3. The van der Waals surface area contributed by atoms with Crippen LogP contribution in [0.4, 0.5) is 0 Å². The number of nitrogens with one attached hydrogen (secondary N) is 1. The van der Waals surface area contributed by atoms with Crippen molar-refractivity contribution in [2.45, 2.75) is 26.5 Å². The van der Waals surface area contributed by atoms with E-state index in [4.69, 9.17) is 37.4 Å². The van der Waals surface area contributed by atoms with Gasteiger partial charge in [0.25, 0.3) is 0 Å². The Morgan fingerprint density at radius 3 is 2.38 bits per heavy atom. The Bertz CT molecular complexity index is 981. The fourth-order valence-electron chi connectivity index (χ4n) is 3.17. The molecule has 172 valence electrons. The largest absolute Gasteiger partial charge is 0.497 e. The molecule has 1 N–H and O–H groups in total. The fourth-order valence-corrected chi connectivity index (χ4v) is 3.63. The molecule has 3 aromatic rings. The van der Waals surface area contributed by atoms with Gasteiger partial charge in [-0.05, 0) is 55.8 Å². The minimum absolute atomic E-state index is 0. The lowest BCUT2D eigenvalue weighted by molar-refractivity contribution is 0.266. The molecular formula is C25H28Cl3NO3. The minimum atomic E-state index is 0. The molecule has 0 saturated heterocycles. The lowest BCUT2D eigenvalue weighted by Gasteiger charge is -2.17. The van der Waals surface area contributed by atoms with Crippen molar-refractivity contribution >= 4 is 35.6 Å². The van der Waals surface area contributed by atoms with Gasteiger partial charge in [-0.2, -0.15) is 0 Å². The van der Waals surface area contributed by atoms with Crippen LogP contribution < -0.4 is 19.5 Å². The van der Waals surface area contributed by atoms with E-state index >= 15 is 0 Å². The van der Waals surface area contributed by atoms with Gasteiger partial charge in [0, 0.05) is 27.7 Å². The first-order valence-corrected chi connectivity index (χ1v) is 11.0. The number of ether oxygens (including phenoxy) is 3. The summed E-state index contributed by atoms with van der Waals surface area (Å²) in [6.07, 6.45) is 0.922. The summed E-state index contributed by atoms with van der Waals surface area (Å²) >= 11 is 12.3. The van der Waals surface area contributed by atoms with E-state index < -0.39 is 0 Å². The first-order valence-electron chi connectivity index (χ1n) is 10.3. The van der Waals surface area contributed by atoms with Gasteiger partial charge in [-0.15, -0.1) is 12.4 Å². The van der Waals surface area contributed by atoms with E-state index in [1.54, 1.807) is 13.2 Å². The summed E-state index contributed by atoms with van der Waals surface area (Å²) in [4.78, 5) is 0. The van der Waals surface area contributed by atoms with Crippen LogP contribution in [0.5, 0.6) is 17.2 Å². The molecule has 0 radical (unpaired) electrons. The van der Waals surface area contributed by atoms with Gasteiger partial charge in [-0.25, -0.2) is 0 Å². The quantitative estimate of drug-likeness (QED) is 0.299. The molecule has 0 aromatic heterocycles. The molecule has 0 aliphatic carbocycles. The van der Waals surface area contributed by atoms with Crippen molar-refractivity contribution in [2.75, 3.05) is 20.3 Å². The number of rotatable bonds is 11. The second-order valence-electron chi connectivity index (χ2n) is 6.98. The van der Waals surface area contributed by atoms with Crippen LogP contribution in [-0.4, -0.2) is 20.3 Å². The number of hydrogen-bond acceptors (Lipinski definition) is 4. The molecule has 0 saturated carbocycles. The fraction of sp³-hybridized carbons (Fsp3) is 0.280. The summed E-state index contributed by atoms with van der Waals surface area (Å²) in [7, 11) is 1.67. The lowest BCUT2D eigenvalue weighted by Crippen LogP contribution is -2.17. The molecule has 0 spiro atoms. The van der Waals surface area contributed by atoms with Gasteiger partial charge < -0.3 is 19.5 Å². The van der Waals surface area contributed by atoms with Crippen LogP contribution in [-0.2, 0) is 19.6 Å². The highest BCUT2D eigenvalue weighted by molar-refractivity contribution is 6.35. The SMILES string of the molecule is CCOc1cccc(CNCCc2ccc(OC)cc2)c1OCc1ccc(Cl)cc1Cl.Cl. The number of benzene rings is 3. The Hall–Kier alpha value is -2.11. The van der Waals surface area contributed by atoms with Crippen molar-refractivity contribution in [3.8, 4) is 17.2 Å². The Morgan fingerprint density at radius 1 is 0.906 bits per heavy atom. The van der Waals surface area contributed by atoms with Gasteiger partial charge in [0.1, 0.15) is 12.4 Å². The first kappa shape index (κ1) is 26.1. The number of para-hydroxylation sites is 1. The van der Waals surface area contributed by atoms with Crippen LogP contribution in [0.3, 0.4) is 0 Å². The predicted octanol–water partition coefficient (Wildman–Crippen LogP) is 6.73. The Labute approximate surface area is 206 Å². The van der Waals surface area contributed by atoms with Gasteiger partial charge in [0.15, 0.2) is 11.5 Å². The van der Waals surface area contributed by atoms with Crippen LogP contribution in [0.25, 0.3) is 0 Å². The lowest BCUT2D eigenvalue weighted by atomic mass is 10.1. The van der Waals surface area contributed by atoms with Crippen LogP contribution in [0.15, 0.2) is 60.7 Å². The molecule has 0 atom stereocenters. The summed E-state index contributed by atoms with van der Waals surface area (Å²) in [5.74, 6) is 2.32. The minimum Gasteiger partial charge on any atom is -0.497 e. The van der Waals surface area contributed by atoms with Gasteiger partial charge in [-0.1, -0.05) is 53.5 Å². The maximum atomic E-state index is 6.30. The Balaban J connectivity index is 0.00000363. The molecule has 32 heavy (non-hydrogen) atoms. The summed E-state index contributed by atoms with van der Waals surface area (Å²) in [6.45, 7) is 4.36. The van der Waals surface area contributed by atoms with Gasteiger partial charge in [-0.3, -0.25) is 0 Å². The van der Waals surface area contributed by atoms with Crippen LogP contribution in [0, 0.1) is 0 Å². The van der Waals surface area contributed by atoms with Crippen molar-refractivity contribution in [1.82, 2.24) is 5.32 Å². The second kappa shape index (κ2) is 13.4. The molecule has 0 fully saturated rings. The molecule has 3 rings (SSSR count). The molecular weight excluding hydrogens is 469 g/mol. The van der Waals surface area contributed by atoms with Crippen molar-refractivity contribution in [3.05, 3.63) is 87.4 Å². The van der Waals surface area contributed by atoms with Gasteiger partial charge in [0.2, 0.25) is 0 Å². The average molecular weight is 497 g/mol. The zero-order valence-electron chi connectivity index (χ0n) is 18.2. The molecule has 0 amide bonds. The van der Waals surface area contributed by atoms with E-state index in [0.29, 0.717) is 29.8 Å². The van der Waals surface area contributed by atoms with Crippen LogP contribution in [0.2, 0.25) is 10.0 Å². The number of methoxy groups -OCH3 is 1. The van der Waals surface area contributed by atoms with Gasteiger partial charge >= 0.3 is 0 Å². The normalized spacial score (nSPS) is 10.4. The zero-order valence-corrected chi connectivity index (χ0v) is 20.5. The topological polar surface area (TPSA) is 39.7 Å². The third kappa shape index (κ3) is 7.49. The molecule has 0 aliphatic rings. The van der Waals surface area contributed by atoms with E-state index in [1.807, 2.05) is 49.4 Å². The smallest absolute Gasteiger partial charge is 0.166 e. The maximum Gasteiger partial charge on any atom is 0.166 e. The monoisotopic (exact) mass is 495 g/mol.